The summed E-state index contributed by atoms with van der Waals surface area (Å²) in [6.45, 7) is 0.433. The molecule has 0 saturated heterocycles. The molecule has 0 fully saturated rings. The van der Waals surface area contributed by atoms with Crippen LogP contribution in [0.25, 0.3) is 11.2 Å². The molecule has 2 aromatic rings. The maximum absolute atomic E-state index is 5.34. The van der Waals surface area contributed by atoms with Gasteiger partial charge >= 0.3 is 0 Å². The summed E-state index contributed by atoms with van der Waals surface area (Å²) >= 11 is 0. The summed E-state index contributed by atoms with van der Waals surface area (Å²) in [4.78, 5) is 7.09. The van der Waals surface area contributed by atoms with Crippen molar-refractivity contribution in [2.45, 2.75) is 6.54 Å². The quantitative estimate of drug-likeness (QED) is 0.506. The van der Waals surface area contributed by atoms with Gasteiger partial charge in [-0.05, 0) is 0 Å². The third kappa shape index (κ3) is 0.608. The second kappa shape index (κ2) is 1.81. The largest absolute Gasteiger partial charge is 0.338 e. The molecule has 0 aliphatic rings. The van der Waals surface area contributed by atoms with Crippen LogP contribution in [0.15, 0.2) is 6.20 Å². The zero-order valence-electron chi connectivity index (χ0n) is 5.26. The van der Waals surface area contributed by atoms with Crippen LogP contribution in [0.1, 0.15) is 5.82 Å². The Morgan fingerprint density at radius 1 is 1.60 bits per heavy atom. The Morgan fingerprint density at radius 2 is 2.50 bits per heavy atom. The molecule has 4 N–H and O–H groups in total. The van der Waals surface area contributed by atoms with Gasteiger partial charge in [0, 0.05) is 0 Å². The van der Waals surface area contributed by atoms with E-state index >= 15 is 0 Å². The van der Waals surface area contributed by atoms with Gasteiger partial charge in [-0.25, -0.2) is 4.98 Å². The molecule has 0 radical (unpaired) electrons. The van der Waals surface area contributed by atoms with Gasteiger partial charge < -0.3 is 10.7 Å². The van der Waals surface area contributed by atoms with Crippen LogP contribution in [-0.2, 0) is 6.54 Å². The number of fused-ring (bicyclic) bond motifs is 1. The highest BCUT2D eigenvalue weighted by atomic mass is 15.2. The first-order chi connectivity index (χ1) is 4.90. The van der Waals surface area contributed by atoms with E-state index in [4.69, 9.17) is 5.73 Å². The van der Waals surface area contributed by atoms with Crippen molar-refractivity contribution in [1.82, 2.24) is 20.2 Å². The molecule has 5 heteroatoms. The minimum atomic E-state index is 0.433. The van der Waals surface area contributed by atoms with Crippen molar-refractivity contribution in [3.63, 3.8) is 0 Å². The van der Waals surface area contributed by atoms with Gasteiger partial charge in [0.05, 0.1) is 12.7 Å². The number of aromatic amines is 2. The first-order valence-corrected chi connectivity index (χ1v) is 2.98. The van der Waals surface area contributed by atoms with E-state index in [1.807, 2.05) is 0 Å². The van der Waals surface area contributed by atoms with Crippen LogP contribution in [0.2, 0.25) is 0 Å². The average molecular weight is 137 g/mol. The highest BCUT2D eigenvalue weighted by Gasteiger charge is 2.00. The lowest BCUT2D eigenvalue weighted by Gasteiger charge is -1.82. The van der Waals surface area contributed by atoms with E-state index in [0.717, 1.165) is 17.0 Å². The first-order valence-electron chi connectivity index (χ1n) is 2.98. The number of nitrogens with one attached hydrogen (secondary N) is 2. The lowest BCUT2D eigenvalue weighted by atomic mass is 10.6. The Labute approximate surface area is 56.6 Å². The van der Waals surface area contributed by atoms with E-state index in [1.54, 1.807) is 6.20 Å². The van der Waals surface area contributed by atoms with Crippen molar-refractivity contribution in [1.29, 1.82) is 0 Å². The molecule has 0 amide bonds. The van der Waals surface area contributed by atoms with Crippen LogP contribution in [0.4, 0.5) is 0 Å². The number of nitrogens with zero attached hydrogens (tertiary/aromatic N) is 2. The zero-order chi connectivity index (χ0) is 6.97. The maximum Gasteiger partial charge on any atom is 0.173 e. The number of rotatable bonds is 1. The van der Waals surface area contributed by atoms with Crippen molar-refractivity contribution in [2.24, 2.45) is 5.73 Å². The summed E-state index contributed by atoms with van der Waals surface area (Å²) in [5, 5.41) is 6.50. The lowest BCUT2D eigenvalue weighted by molar-refractivity contribution is 0.946. The van der Waals surface area contributed by atoms with E-state index < -0.39 is 0 Å². The fraction of sp³-hybridized carbons (Fsp3) is 0.200. The molecule has 0 saturated carbocycles. The smallest absolute Gasteiger partial charge is 0.173 e. The molecule has 5 nitrogen and oxygen atoms in total. The minimum absolute atomic E-state index is 0.433. The normalized spacial score (nSPS) is 10.9. The highest BCUT2D eigenvalue weighted by Crippen LogP contribution is 2.04. The summed E-state index contributed by atoms with van der Waals surface area (Å²) in [6.07, 6.45) is 1.68. The molecule has 52 valence electrons. The van der Waals surface area contributed by atoms with E-state index in [9.17, 15) is 0 Å². The monoisotopic (exact) mass is 137 g/mol. The third-order valence-electron chi connectivity index (χ3n) is 1.34. The number of hydrogen-bond acceptors (Lipinski definition) is 3. The second-order valence-corrected chi connectivity index (χ2v) is 2.02. The number of nitrogens with two attached hydrogens (primary N) is 1. The minimum Gasteiger partial charge on any atom is -0.338 e. The maximum atomic E-state index is 5.34. The van der Waals surface area contributed by atoms with Gasteiger partial charge in [0.1, 0.15) is 11.3 Å². The van der Waals surface area contributed by atoms with E-state index in [-0.39, 0.29) is 0 Å². The molecule has 0 spiro atoms. The van der Waals surface area contributed by atoms with E-state index in [2.05, 4.69) is 20.2 Å². The highest BCUT2D eigenvalue weighted by molar-refractivity contribution is 5.69. The van der Waals surface area contributed by atoms with Crippen molar-refractivity contribution in [2.75, 3.05) is 0 Å². The average Bonchev–Trinajstić information content (AvgIpc) is 2.42. The van der Waals surface area contributed by atoms with Crippen molar-refractivity contribution >= 4 is 11.2 Å². The lowest BCUT2D eigenvalue weighted by Crippen LogP contribution is -1.97. The van der Waals surface area contributed by atoms with Gasteiger partial charge in [0.15, 0.2) is 5.65 Å². The van der Waals surface area contributed by atoms with Crippen LogP contribution in [0.3, 0.4) is 0 Å². The molecule has 0 bridgehead atoms. The van der Waals surface area contributed by atoms with E-state index in [1.165, 1.54) is 0 Å². The molecule has 2 heterocycles. The van der Waals surface area contributed by atoms with Crippen LogP contribution in [-0.4, -0.2) is 20.2 Å². The molecule has 2 rings (SSSR count). The van der Waals surface area contributed by atoms with Gasteiger partial charge in [-0.15, -0.1) is 0 Å². The number of aromatic nitrogens is 4. The third-order valence-corrected chi connectivity index (χ3v) is 1.34. The van der Waals surface area contributed by atoms with Crippen molar-refractivity contribution in [3.8, 4) is 0 Å². The standard InChI is InChI=1S/C5H7N5/c6-1-4-8-3-2-7-10-5(3)9-4/h2H,1,6H2,(H2,7,8,9,10). The topological polar surface area (TPSA) is 83.4 Å². The predicted octanol–water partition coefficient (Wildman–Crippen LogP) is -0.255. The Bertz CT molecular complexity index is 304. The van der Waals surface area contributed by atoms with Gasteiger partial charge in [-0.3, -0.25) is 5.10 Å². The Kier molecular flexibility index (Phi) is 0.983. The van der Waals surface area contributed by atoms with Gasteiger partial charge in [0.25, 0.3) is 0 Å². The van der Waals surface area contributed by atoms with Crippen LogP contribution < -0.4 is 5.73 Å². The molecular weight excluding hydrogens is 130 g/mol. The number of hydrogen-bond donors (Lipinski definition) is 3. The predicted molar refractivity (Wildman–Crippen MR) is 36.1 cm³/mol. The van der Waals surface area contributed by atoms with Crippen molar-refractivity contribution in [3.05, 3.63) is 12.0 Å². The summed E-state index contributed by atoms with van der Waals surface area (Å²) in [5.74, 6) is 0.781. The molecule has 0 aliphatic carbocycles. The van der Waals surface area contributed by atoms with Crippen LogP contribution in [0, 0.1) is 0 Å². The molecular formula is C5H7N5. The molecule has 0 atom stereocenters. The van der Waals surface area contributed by atoms with Crippen LogP contribution in [0.5, 0.6) is 0 Å². The number of H-pyrrole nitrogens is 2. The fourth-order valence-electron chi connectivity index (χ4n) is 0.871. The SMILES string of the molecule is NCc1nc2[nH]ncc2[nH]1. The summed E-state index contributed by atoms with van der Waals surface area (Å²) < 4.78 is 0. The first kappa shape index (κ1) is 5.43. The summed E-state index contributed by atoms with van der Waals surface area (Å²) in [5.41, 5.74) is 7.01. The summed E-state index contributed by atoms with van der Waals surface area (Å²) in [7, 11) is 0. The van der Waals surface area contributed by atoms with Gasteiger partial charge in [-0.2, -0.15) is 5.10 Å². The molecule has 0 aliphatic heterocycles. The Morgan fingerprint density at radius 3 is 3.20 bits per heavy atom. The fourth-order valence-corrected chi connectivity index (χ4v) is 0.871. The van der Waals surface area contributed by atoms with Gasteiger partial charge in [0.2, 0.25) is 0 Å². The molecule has 0 unspecified atom stereocenters. The Hall–Kier alpha value is -1.36. The summed E-state index contributed by atoms with van der Waals surface area (Å²) in [6, 6.07) is 0. The number of imidazole rings is 1. The second-order valence-electron chi connectivity index (χ2n) is 2.02. The molecule has 10 heavy (non-hydrogen) atoms. The van der Waals surface area contributed by atoms with Gasteiger partial charge in [-0.1, -0.05) is 0 Å². The van der Waals surface area contributed by atoms with E-state index in [0.29, 0.717) is 6.54 Å². The van der Waals surface area contributed by atoms with Crippen molar-refractivity contribution < 1.29 is 0 Å². The molecule has 2 aromatic heterocycles. The Balaban J connectivity index is 2.67. The molecule has 0 aromatic carbocycles. The zero-order valence-corrected chi connectivity index (χ0v) is 5.26. The van der Waals surface area contributed by atoms with Crippen LogP contribution >= 0.6 is 0 Å².